The number of carbonyl (C=O) groups excluding carboxylic acids is 2. The van der Waals surface area contributed by atoms with Gasteiger partial charge in [-0.1, -0.05) is 30.3 Å². The molecule has 2 heterocycles. The predicted molar refractivity (Wildman–Crippen MR) is 90.3 cm³/mol. The predicted octanol–water partition coefficient (Wildman–Crippen LogP) is 0.672. The smallest absolute Gasteiger partial charge is 0.240 e. The minimum absolute atomic E-state index is 0.00612. The molecule has 2 atom stereocenters. The third kappa shape index (κ3) is 4.55. The highest BCUT2D eigenvalue weighted by Gasteiger charge is 2.32. The number of ether oxygens (including phenoxy) is 1. The zero-order valence-electron chi connectivity index (χ0n) is 13.9. The van der Waals surface area contributed by atoms with Crippen molar-refractivity contribution in [2.24, 2.45) is 0 Å². The van der Waals surface area contributed by atoms with Crippen LogP contribution in [-0.2, 0) is 20.9 Å². The standard InChI is InChI=1S/C18H25N3O3/c22-17(20-12-14-5-2-1-3-6-14)11-16-18(23)21(9-8-19-16)13-15-7-4-10-24-15/h1-3,5-6,15-16,19H,4,7-13H2,(H,20,22). The number of hydrogen-bond donors (Lipinski definition) is 2. The summed E-state index contributed by atoms with van der Waals surface area (Å²) < 4.78 is 5.61. The Bertz CT molecular complexity index is 558. The summed E-state index contributed by atoms with van der Waals surface area (Å²) in [5.74, 6) is -0.102. The lowest BCUT2D eigenvalue weighted by Crippen LogP contribution is -2.57. The molecule has 0 saturated carbocycles. The van der Waals surface area contributed by atoms with Crippen molar-refractivity contribution in [2.45, 2.75) is 38.0 Å². The fourth-order valence-electron chi connectivity index (χ4n) is 3.22. The van der Waals surface area contributed by atoms with Crippen molar-refractivity contribution in [2.75, 3.05) is 26.2 Å². The van der Waals surface area contributed by atoms with Crippen LogP contribution in [0.1, 0.15) is 24.8 Å². The first-order valence-electron chi connectivity index (χ1n) is 8.67. The molecule has 2 aliphatic rings. The van der Waals surface area contributed by atoms with E-state index in [4.69, 9.17) is 4.74 Å². The summed E-state index contributed by atoms with van der Waals surface area (Å²) >= 11 is 0. The topological polar surface area (TPSA) is 70.7 Å². The van der Waals surface area contributed by atoms with E-state index < -0.39 is 6.04 Å². The lowest BCUT2D eigenvalue weighted by Gasteiger charge is -2.34. The van der Waals surface area contributed by atoms with Gasteiger partial charge in [-0.25, -0.2) is 0 Å². The molecule has 24 heavy (non-hydrogen) atoms. The molecule has 2 saturated heterocycles. The molecule has 1 aromatic rings. The molecule has 3 rings (SSSR count). The van der Waals surface area contributed by atoms with Gasteiger partial charge in [-0.05, 0) is 18.4 Å². The quantitative estimate of drug-likeness (QED) is 0.804. The van der Waals surface area contributed by atoms with E-state index >= 15 is 0 Å². The van der Waals surface area contributed by atoms with Gasteiger partial charge in [0.15, 0.2) is 0 Å². The number of carbonyl (C=O) groups is 2. The molecule has 0 aliphatic carbocycles. The van der Waals surface area contributed by atoms with Gasteiger partial charge in [0.05, 0.1) is 18.6 Å². The van der Waals surface area contributed by atoms with Gasteiger partial charge >= 0.3 is 0 Å². The molecule has 2 unspecified atom stereocenters. The molecule has 2 aliphatic heterocycles. The Kier molecular flexibility index (Phi) is 5.82. The number of hydrogen-bond acceptors (Lipinski definition) is 4. The Morgan fingerprint density at radius 2 is 2.17 bits per heavy atom. The summed E-state index contributed by atoms with van der Waals surface area (Å²) in [7, 11) is 0. The number of benzene rings is 1. The van der Waals surface area contributed by atoms with E-state index in [0.717, 1.165) is 31.6 Å². The van der Waals surface area contributed by atoms with Crippen molar-refractivity contribution in [3.05, 3.63) is 35.9 Å². The van der Waals surface area contributed by atoms with Crippen molar-refractivity contribution in [3.63, 3.8) is 0 Å². The molecule has 6 nitrogen and oxygen atoms in total. The summed E-state index contributed by atoms with van der Waals surface area (Å²) in [5, 5.41) is 6.04. The maximum absolute atomic E-state index is 12.6. The molecule has 0 aromatic heterocycles. The molecule has 0 radical (unpaired) electrons. The van der Waals surface area contributed by atoms with Gasteiger partial charge in [-0.2, -0.15) is 0 Å². The fourth-order valence-corrected chi connectivity index (χ4v) is 3.22. The maximum atomic E-state index is 12.6. The van der Waals surface area contributed by atoms with Crippen LogP contribution in [0.4, 0.5) is 0 Å². The molecule has 1 aromatic carbocycles. The van der Waals surface area contributed by atoms with E-state index in [1.54, 1.807) is 0 Å². The number of nitrogens with zero attached hydrogens (tertiary/aromatic N) is 1. The number of rotatable bonds is 6. The molecule has 0 bridgehead atoms. The van der Waals surface area contributed by atoms with Crippen LogP contribution < -0.4 is 10.6 Å². The molecular weight excluding hydrogens is 306 g/mol. The van der Waals surface area contributed by atoms with Crippen molar-refractivity contribution in [1.82, 2.24) is 15.5 Å². The lowest BCUT2D eigenvalue weighted by molar-refractivity contribution is -0.139. The number of piperazine rings is 1. The molecule has 6 heteroatoms. The zero-order chi connectivity index (χ0) is 16.8. The first kappa shape index (κ1) is 16.9. The van der Waals surface area contributed by atoms with E-state index in [1.807, 2.05) is 35.2 Å². The molecule has 130 valence electrons. The van der Waals surface area contributed by atoms with Crippen molar-refractivity contribution in [1.29, 1.82) is 0 Å². The number of nitrogens with one attached hydrogen (secondary N) is 2. The van der Waals surface area contributed by atoms with Gasteiger partial charge in [-0.3, -0.25) is 9.59 Å². The largest absolute Gasteiger partial charge is 0.376 e. The van der Waals surface area contributed by atoms with Crippen LogP contribution in [0, 0.1) is 0 Å². The van der Waals surface area contributed by atoms with Gasteiger partial charge < -0.3 is 20.3 Å². The Morgan fingerprint density at radius 1 is 1.33 bits per heavy atom. The minimum Gasteiger partial charge on any atom is -0.376 e. The average Bonchev–Trinajstić information content (AvgIpc) is 3.11. The maximum Gasteiger partial charge on any atom is 0.240 e. The molecule has 2 amide bonds. The summed E-state index contributed by atoms with van der Waals surface area (Å²) in [5.41, 5.74) is 1.05. The molecule has 2 fully saturated rings. The Balaban J connectivity index is 1.46. The van der Waals surface area contributed by atoms with Gasteiger partial charge in [0.25, 0.3) is 0 Å². The Morgan fingerprint density at radius 3 is 2.92 bits per heavy atom. The highest BCUT2D eigenvalue weighted by atomic mass is 16.5. The van der Waals surface area contributed by atoms with Gasteiger partial charge in [-0.15, -0.1) is 0 Å². The second-order valence-corrected chi connectivity index (χ2v) is 6.39. The molecule has 2 N–H and O–H groups in total. The third-order valence-electron chi connectivity index (χ3n) is 4.55. The van der Waals surface area contributed by atoms with Crippen LogP contribution in [0.5, 0.6) is 0 Å². The second-order valence-electron chi connectivity index (χ2n) is 6.39. The third-order valence-corrected chi connectivity index (χ3v) is 4.55. The summed E-state index contributed by atoms with van der Waals surface area (Å²) in [4.78, 5) is 26.5. The van der Waals surface area contributed by atoms with Crippen LogP contribution in [0.2, 0.25) is 0 Å². The van der Waals surface area contributed by atoms with Crippen LogP contribution in [0.15, 0.2) is 30.3 Å². The van der Waals surface area contributed by atoms with E-state index in [-0.39, 0.29) is 24.3 Å². The Hall–Kier alpha value is -1.92. The van der Waals surface area contributed by atoms with Gasteiger partial charge in [0, 0.05) is 32.8 Å². The summed E-state index contributed by atoms with van der Waals surface area (Å²) in [6, 6.07) is 9.32. The fraction of sp³-hybridized carbons (Fsp3) is 0.556. The van der Waals surface area contributed by atoms with E-state index in [1.165, 1.54) is 0 Å². The minimum atomic E-state index is -0.434. The lowest BCUT2D eigenvalue weighted by atomic mass is 10.1. The van der Waals surface area contributed by atoms with Crippen LogP contribution in [0.3, 0.4) is 0 Å². The molecule has 0 spiro atoms. The second kappa shape index (κ2) is 8.26. The van der Waals surface area contributed by atoms with Crippen molar-refractivity contribution in [3.8, 4) is 0 Å². The van der Waals surface area contributed by atoms with Crippen LogP contribution >= 0.6 is 0 Å². The van der Waals surface area contributed by atoms with E-state index in [2.05, 4.69) is 10.6 Å². The van der Waals surface area contributed by atoms with Crippen LogP contribution in [-0.4, -0.2) is 55.1 Å². The van der Waals surface area contributed by atoms with Crippen molar-refractivity contribution < 1.29 is 14.3 Å². The average molecular weight is 331 g/mol. The van der Waals surface area contributed by atoms with Gasteiger partial charge in [0.2, 0.25) is 11.8 Å². The van der Waals surface area contributed by atoms with Crippen molar-refractivity contribution >= 4 is 11.8 Å². The Labute approximate surface area is 142 Å². The highest BCUT2D eigenvalue weighted by molar-refractivity contribution is 5.88. The summed E-state index contributed by atoms with van der Waals surface area (Å²) in [6.07, 6.45) is 2.41. The SMILES string of the molecule is O=C(CC1NCCN(CC2CCCO2)C1=O)NCc1ccccc1. The monoisotopic (exact) mass is 331 g/mol. The summed E-state index contributed by atoms with van der Waals surface area (Å²) in [6.45, 7) is 3.31. The molecular formula is C18H25N3O3. The number of amides is 2. The highest BCUT2D eigenvalue weighted by Crippen LogP contribution is 2.15. The first-order valence-corrected chi connectivity index (χ1v) is 8.67. The normalized spacial score (nSPS) is 24.2. The first-order chi connectivity index (χ1) is 11.7. The van der Waals surface area contributed by atoms with Gasteiger partial charge in [0.1, 0.15) is 0 Å². The zero-order valence-corrected chi connectivity index (χ0v) is 13.9. The van der Waals surface area contributed by atoms with E-state index in [9.17, 15) is 9.59 Å². The van der Waals surface area contributed by atoms with Crippen LogP contribution in [0.25, 0.3) is 0 Å². The van der Waals surface area contributed by atoms with E-state index in [0.29, 0.717) is 19.6 Å².